The number of likely N-dealkylation sites (N-methyl/N-ethyl adjacent to an activating group) is 1. The Hall–Kier alpha value is -1.96. The van der Waals surface area contributed by atoms with E-state index in [1.54, 1.807) is 17.9 Å². The number of halogens is 1. The molecule has 1 amide bonds. The number of hydrogen-bond donors (Lipinski definition) is 0. The van der Waals surface area contributed by atoms with E-state index in [9.17, 15) is 4.79 Å². The zero-order valence-corrected chi connectivity index (χ0v) is 17.5. The summed E-state index contributed by atoms with van der Waals surface area (Å²) in [6.45, 7) is 11.1. The van der Waals surface area contributed by atoms with Gasteiger partial charge in [0.05, 0.1) is 15.9 Å². The van der Waals surface area contributed by atoms with Crippen molar-refractivity contribution >= 4 is 44.2 Å². The van der Waals surface area contributed by atoms with Gasteiger partial charge in [0.25, 0.3) is 5.91 Å². The molecule has 0 atom stereocenters. The molecule has 2 aromatic heterocycles. The number of hydrogen-bond acceptors (Lipinski definition) is 6. The van der Waals surface area contributed by atoms with Crippen molar-refractivity contribution in [1.29, 1.82) is 0 Å². The second-order valence-electron chi connectivity index (χ2n) is 6.33. The van der Waals surface area contributed by atoms with Crippen molar-refractivity contribution in [3.05, 3.63) is 40.2 Å². The van der Waals surface area contributed by atoms with Gasteiger partial charge in [-0.05, 0) is 44.6 Å². The molecule has 0 aliphatic heterocycles. The molecule has 0 fully saturated rings. The van der Waals surface area contributed by atoms with Gasteiger partial charge in [0.1, 0.15) is 0 Å². The van der Waals surface area contributed by atoms with E-state index >= 15 is 0 Å². The van der Waals surface area contributed by atoms with Crippen LogP contribution in [0.15, 0.2) is 22.7 Å². The third kappa shape index (κ3) is 4.15. The fraction of sp³-hybridized carbons (Fsp3) is 0.421. The first kappa shape index (κ1) is 19.8. The highest BCUT2D eigenvalue weighted by Gasteiger charge is 2.25. The SMILES string of the molecule is CCN(CC)CCN(C(=O)c1cc(C)no1)c1nc2c(C)c(Cl)ccc2s1. The minimum atomic E-state index is -0.231. The van der Waals surface area contributed by atoms with Crippen molar-refractivity contribution in [3.63, 3.8) is 0 Å². The number of thiazole rings is 1. The van der Waals surface area contributed by atoms with Crippen molar-refractivity contribution in [1.82, 2.24) is 15.0 Å². The number of benzene rings is 1. The lowest BCUT2D eigenvalue weighted by Gasteiger charge is -2.23. The third-order valence-corrected chi connectivity index (χ3v) is 6.04. The van der Waals surface area contributed by atoms with Crippen LogP contribution in [0.3, 0.4) is 0 Å². The number of carbonyl (C=O) groups is 1. The van der Waals surface area contributed by atoms with E-state index < -0.39 is 0 Å². The lowest BCUT2D eigenvalue weighted by Crippen LogP contribution is -2.38. The van der Waals surface area contributed by atoms with Gasteiger partial charge < -0.3 is 9.42 Å². The molecular formula is C19H23ClN4O2S. The van der Waals surface area contributed by atoms with Gasteiger partial charge >= 0.3 is 0 Å². The van der Waals surface area contributed by atoms with E-state index in [1.807, 2.05) is 19.1 Å². The van der Waals surface area contributed by atoms with Gasteiger partial charge in [-0.25, -0.2) is 4.98 Å². The Balaban J connectivity index is 1.98. The second kappa shape index (κ2) is 8.37. The number of aromatic nitrogens is 2. The smallest absolute Gasteiger partial charge is 0.298 e. The van der Waals surface area contributed by atoms with Crippen molar-refractivity contribution < 1.29 is 9.32 Å². The number of anilines is 1. The average Bonchev–Trinajstić information content (AvgIpc) is 3.28. The van der Waals surface area contributed by atoms with Gasteiger partial charge in [-0.1, -0.05) is 41.9 Å². The van der Waals surface area contributed by atoms with Crippen LogP contribution >= 0.6 is 22.9 Å². The summed E-state index contributed by atoms with van der Waals surface area (Å²) in [5.41, 5.74) is 2.43. The maximum atomic E-state index is 13.1. The van der Waals surface area contributed by atoms with Gasteiger partial charge in [-0.2, -0.15) is 0 Å². The largest absolute Gasteiger partial charge is 0.351 e. The summed E-state index contributed by atoms with van der Waals surface area (Å²) in [5.74, 6) is -0.00776. The second-order valence-corrected chi connectivity index (χ2v) is 7.75. The van der Waals surface area contributed by atoms with Crippen molar-refractivity contribution in [3.8, 4) is 0 Å². The van der Waals surface area contributed by atoms with Gasteiger partial charge in [0.2, 0.25) is 5.76 Å². The lowest BCUT2D eigenvalue weighted by atomic mass is 10.2. The first-order valence-electron chi connectivity index (χ1n) is 8.97. The predicted molar refractivity (Wildman–Crippen MR) is 110 cm³/mol. The van der Waals surface area contributed by atoms with Crippen LogP contribution in [0.2, 0.25) is 5.02 Å². The molecule has 2 heterocycles. The monoisotopic (exact) mass is 406 g/mol. The first-order chi connectivity index (χ1) is 12.9. The fourth-order valence-electron chi connectivity index (χ4n) is 2.87. The molecule has 144 valence electrons. The third-order valence-electron chi connectivity index (χ3n) is 4.59. The summed E-state index contributed by atoms with van der Waals surface area (Å²) in [5, 5.41) is 5.16. The molecule has 0 unspecified atom stereocenters. The molecule has 6 nitrogen and oxygen atoms in total. The zero-order valence-electron chi connectivity index (χ0n) is 16.0. The Bertz CT molecular complexity index is 948. The van der Waals surface area contributed by atoms with Crippen LogP contribution in [0.1, 0.15) is 35.7 Å². The Kier molecular flexibility index (Phi) is 6.14. The van der Waals surface area contributed by atoms with Gasteiger partial charge in [0, 0.05) is 24.2 Å². The van der Waals surface area contributed by atoms with Crippen LogP contribution in [0, 0.1) is 13.8 Å². The summed E-state index contributed by atoms with van der Waals surface area (Å²) in [7, 11) is 0. The highest BCUT2D eigenvalue weighted by molar-refractivity contribution is 7.22. The number of fused-ring (bicyclic) bond motifs is 1. The summed E-state index contributed by atoms with van der Waals surface area (Å²) >= 11 is 7.71. The number of aryl methyl sites for hydroxylation is 2. The number of amides is 1. The molecule has 3 rings (SSSR count). The molecule has 0 saturated carbocycles. The topological polar surface area (TPSA) is 62.5 Å². The zero-order chi connectivity index (χ0) is 19.6. The maximum Gasteiger partial charge on any atom is 0.298 e. The van der Waals surface area contributed by atoms with Crippen LogP contribution in [0.5, 0.6) is 0 Å². The highest BCUT2D eigenvalue weighted by Crippen LogP contribution is 2.34. The fourth-order valence-corrected chi connectivity index (χ4v) is 4.07. The van der Waals surface area contributed by atoms with E-state index in [0.717, 1.165) is 35.4 Å². The van der Waals surface area contributed by atoms with Crippen molar-refractivity contribution in [2.24, 2.45) is 0 Å². The standard InChI is InChI=1S/C19H23ClN4O2S/c1-5-23(6-2)9-10-24(18(25)15-11-12(3)22-26-15)19-21-17-13(4)14(20)7-8-16(17)27-19/h7-8,11H,5-6,9-10H2,1-4H3. The quantitative estimate of drug-likeness (QED) is 0.576. The summed E-state index contributed by atoms with van der Waals surface area (Å²) in [4.78, 5) is 21.7. The number of nitrogens with zero attached hydrogens (tertiary/aromatic N) is 4. The highest BCUT2D eigenvalue weighted by atomic mass is 35.5. The van der Waals surface area contributed by atoms with Crippen LogP contribution in [0.25, 0.3) is 10.2 Å². The Morgan fingerprint density at radius 2 is 1.96 bits per heavy atom. The molecule has 27 heavy (non-hydrogen) atoms. The van der Waals surface area contributed by atoms with Crippen LogP contribution in [0.4, 0.5) is 5.13 Å². The average molecular weight is 407 g/mol. The van der Waals surface area contributed by atoms with E-state index in [0.29, 0.717) is 22.4 Å². The molecule has 0 radical (unpaired) electrons. The van der Waals surface area contributed by atoms with Crippen molar-refractivity contribution in [2.75, 3.05) is 31.1 Å². The molecule has 0 N–H and O–H groups in total. The van der Waals surface area contributed by atoms with E-state index in [1.165, 1.54) is 11.3 Å². The summed E-state index contributed by atoms with van der Waals surface area (Å²) in [6, 6.07) is 5.46. The Morgan fingerprint density at radius 3 is 2.59 bits per heavy atom. The minimum absolute atomic E-state index is 0.223. The molecule has 0 bridgehead atoms. The van der Waals surface area contributed by atoms with E-state index in [4.69, 9.17) is 21.1 Å². The Labute approximate surface area is 167 Å². The Morgan fingerprint density at radius 1 is 1.22 bits per heavy atom. The van der Waals surface area contributed by atoms with Gasteiger partial charge in [-0.15, -0.1) is 0 Å². The molecule has 0 aliphatic rings. The van der Waals surface area contributed by atoms with Crippen molar-refractivity contribution in [2.45, 2.75) is 27.7 Å². The molecule has 1 aromatic carbocycles. The molecule has 0 saturated heterocycles. The molecule has 0 spiro atoms. The first-order valence-corrected chi connectivity index (χ1v) is 10.2. The molecular weight excluding hydrogens is 384 g/mol. The summed E-state index contributed by atoms with van der Waals surface area (Å²) in [6.07, 6.45) is 0. The van der Waals surface area contributed by atoms with Crippen LogP contribution in [-0.2, 0) is 0 Å². The van der Waals surface area contributed by atoms with Crippen LogP contribution < -0.4 is 4.90 Å². The molecule has 0 aliphatic carbocycles. The molecule has 3 aromatic rings. The maximum absolute atomic E-state index is 13.1. The van der Waals surface area contributed by atoms with E-state index in [-0.39, 0.29) is 11.7 Å². The minimum Gasteiger partial charge on any atom is -0.351 e. The van der Waals surface area contributed by atoms with Crippen LogP contribution in [-0.4, -0.2) is 47.1 Å². The summed E-state index contributed by atoms with van der Waals surface area (Å²) < 4.78 is 6.21. The lowest BCUT2D eigenvalue weighted by molar-refractivity contribution is 0.0948. The van der Waals surface area contributed by atoms with E-state index in [2.05, 4.69) is 23.9 Å². The number of carbonyl (C=O) groups excluding carboxylic acids is 1. The normalized spacial score (nSPS) is 11.5. The molecule has 8 heteroatoms. The number of rotatable bonds is 7. The van der Waals surface area contributed by atoms with Gasteiger partial charge in [0.15, 0.2) is 5.13 Å². The predicted octanol–water partition coefficient (Wildman–Crippen LogP) is 4.54. The van der Waals surface area contributed by atoms with Gasteiger partial charge in [-0.3, -0.25) is 9.69 Å².